The van der Waals surface area contributed by atoms with Crippen molar-refractivity contribution in [3.63, 3.8) is 0 Å². The molecule has 180 valence electrons. The Kier molecular flexibility index (Phi) is 6.97. The maximum absolute atomic E-state index is 13.0. The third kappa shape index (κ3) is 5.31. The highest BCUT2D eigenvalue weighted by molar-refractivity contribution is 6.29. The third-order valence-corrected chi connectivity index (χ3v) is 6.81. The van der Waals surface area contributed by atoms with E-state index >= 15 is 0 Å². The van der Waals surface area contributed by atoms with Gasteiger partial charge in [-0.25, -0.2) is 9.97 Å². The van der Waals surface area contributed by atoms with Gasteiger partial charge >= 0.3 is 0 Å². The first-order valence-corrected chi connectivity index (χ1v) is 12.4. The predicted molar refractivity (Wildman–Crippen MR) is 140 cm³/mol. The average molecular weight is 489 g/mol. The molecule has 1 fully saturated rings. The summed E-state index contributed by atoms with van der Waals surface area (Å²) in [5.74, 6) is 0.737. The minimum atomic E-state index is -0.368. The molecule has 8 heteroatoms. The van der Waals surface area contributed by atoms with Crippen LogP contribution in [-0.2, 0) is 4.79 Å². The number of anilines is 1. The van der Waals surface area contributed by atoms with Crippen LogP contribution in [0.3, 0.4) is 0 Å². The van der Waals surface area contributed by atoms with Gasteiger partial charge in [-0.05, 0) is 68.1 Å². The van der Waals surface area contributed by atoms with E-state index in [9.17, 15) is 4.79 Å². The normalized spacial score (nSPS) is 18.8. The molecule has 35 heavy (non-hydrogen) atoms. The number of fused-ring (bicyclic) bond motifs is 1. The lowest BCUT2D eigenvalue weighted by Crippen LogP contribution is -2.45. The number of nitrogens with zero attached hydrogens (tertiary/aromatic N) is 2. The number of aromatic nitrogens is 3. The van der Waals surface area contributed by atoms with Crippen molar-refractivity contribution in [1.29, 1.82) is 0 Å². The molecule has 1 amide bonds. The average Bonchev–Trinajstić information content (AvgIpc) is 3.29. The fraction of sp³-hybridized carbons (Fsp3) is 0.296. The molecular weight excluding hydrogens is 460 g/mol. The van der Waals surface area contributed by atoms with Gasteiger partial charge in [-0.1, -0.05) is 41.9 Å². The smallest absolute Gasteiger partial charge is 0.241 e. The summed E-state index contributed by atoms with van der Waals surface area (Å²) < 4.78 is 0. The Hall–Kier alpha value is -3.42. The van der Waals surface area contributed by atoms with Crippen molar-refractivity contribution in [2.75, 3.05) is 12.4 Å². The van der Waals surface area contributed by atoms with E-state index in [-0.39, 0.29) is 24.0 Å². The lowest BCUT2D eigenvalue weighted by atomic mass is 9.90. The monoisotopic (exact) mass is 488 g/mol. The molecule has 1 aliphatic rings. The van der Waals surface area contributed by atoms with Crippen molar-refractivity contribution >= 4 is 34.4 Å². The maximum Gasteiger partial charge on any atom is 0.241 e. The number of H-pyrrole nitrogens is 1. The zero-order chi connectivity index (χ0) is 24.2. The summed E-state index contributed by atoms with van der Waals surface area (Å²) in [6.07, 6.45) is 7.56. The van der Waals surface area contributed by atoms with Gasteiger partial charge in [0.1, 0.15) is 22.7 Å². The Morgan fingerprint density at radius 3 is 2.77 bits per heavy atom. The lowest BCUT2D eigenvalue weighted by Gasteiger charge is -2.31. The van der Waals surface area contributed by atoms with Crippen LogP contribution in [0.4, 0.5) is 5.82 Å². The molecule has 0 spiro atoms. The van der Waals surface area contributed by atoms with Gasteiger partial charge in [-0.3, -0.25) is 4.79 Å². The Labute approximate surface area is 209 Å². The van der Waals surface area contributed by atoms with Crippen LogP contribution in [-0.4, -0.2) is 40.0 Å². The Bertz CT molecular complexity index is 1310. The fourth-order valence-corrected chi connectivity index (χ4v) is 5.17. The number of halogens is 1. The van der Waals surface area contributed by atoms with Gasteiger partial charge in [0.05, 0.1) is 0 Å². The summed E-state index contributed by atoms with van der Waals surface area (Å²) in [7, 11) is 1.81. The minimum absolute atomic E-state index is 0.000428. The van der Waals surface area contributed by atoms with Crippen molar-refractivity contribution in [3.8, 4) is 11.1 Å². The van der Waals surface area contributed by atoms with Gasteiger partial charge in [-0.2, -0.15) is 0 Å². The van der Waals surface area contributed by atoms with Crippen LogP contribution in [0.5, 0.6) is 0 Å². The quantitative estimate of drug-likeness (QED) is 0.272. The SMILES string of the molecule is CNC(C(=O)N[C@H]1CCC[C@H](Nc2cc(-c3c[nH]c4ncccc34)cc(Cl)n2)C1)c1ccccc1. The van der Waals surface area contributed by atoms with Crippen LogP contribution < -0.4 is 16.0 Å². The number of pyridine rings is 2. The number of hydrogen-bond acceptors (Lipinski definition) is 5. The van der Waals surface area contributed by atoms with Crippen molar-refractivity contribution in [2.24, 2.45) is 0 Å². The van der Waals surface area contributed by atoms with Crippen molar-refractivity contribution < 1.29 is 4.79 Å². The van der Waals surface area contributed by atoms with Crippen LogP contribution in [0.1, 0.15) is 37.3 Å². The van der Waals surface area contributed by atoms with E-state index in [0.717, 1.165) is 59.2 Å². The largest absolute Gasteiger partial charge is 0.367 e. The van der Waals surface area contributed by atoms with Gasteiger partial charge in [0.2, 0.25) is 5.91 Å². The molecule has 0 radical (unpaired) electrons. The molecule has 1 unspecified atom stereocenters. The third-order valence-electron chi connectivity index (χ3n) is 6.61. The molecule has 1 aromatic carbocycles. The second-order valence-corrected chi connectivity index (χ2v) is 9.40. The number of carbonyl (C=O) groups excluding carboxylic acids is 1. The Morgan fingerprint density at radius 2 is 1.94 bits per heavy atom. The number of amides is 1. The molecule has 4 aromatic rings. The molecule has 1 saturated carbocycles. The molecule has 0 bridgehead atoms. The molecule has 3 heterocycles. The molecule has 1 aliphatic carbocycles. The highest BCUT2D eigenvalue weighted by Crippen LogP contribution is 2.31. The first-order chi connectivity index (χ1) is 17.1. The summed E-state index contributed by atoms with van der Waals surface area (Å²) in [6, 6.07) is 17.6. The molecule has 4 N–H and O–H groups in total. The predicted octanol–water partition coefficient (Wildman–Crippen LogP) is 5.08. The molecular formula is C27H29ClN6O. The van der Waals surface area contributed by atoms with Crippen LogP contribution in [0.2, 0.25) is 5.15 Å². The molecule has 7 nitrogen and oxygen atoms in total. The highest BCUT2D eigenvalue weighted by atomic mass is 35.5. The van der Waals surface area contributed by atoms with Crippen molar-refractivity contribution in [2.45, 2.75) is 43.8 Å². The number of aromatic amines is 1. The van der Waals surface area contributed by atoms with Gasteiger partial charge < -0.3 is 20.9 Å². The second kappa shape index (κ2) is 10.5. The minimum Gasteiger partial charge on any atom is -0.367 e. The number of hydrogen-bond donors (Lipinski definition) is 4. The van der Waals surface area contributed by atoms with Gasteiger partial charge in [-0.15, -0.1) is 0 Å². The number of benzene rings is 1. The molecule has 0 aliphatic heterocycles. The Morgan fingerprint density at radius 1 is 1.11 bits per heavy atom. The first kappa shape index (κ1) is 23.3. The highest BCUT2D eigenvalue weighted by Gasteiger charge is 2.27. The van der Waals surface area contributed by atoms with Crippen LogP contribution in [0.15, 0.2) is 67.0 Å². The number of rotatable bonds is 7. The van der Waals surface area contributed by atoms with Crippen LogP contribution in [0, 0.1) is 0 Å². The van der Waals surface area contributed by atoms with E-state index in [1.807, 2.05) is 67.8 Å². The second-order valence-electron chi connectivity index (χ2n) is 9.01. The molecule has 0 saturated heterocycles. The van der Waals surface area contributed by atoms with Crippen LogP contribution >= 0.6 is 11.6 Å². The van der Waals surface area contributed by atoms with E-state index < -0.39 is 0 Å². The number of carbonyl (C=O) groups is 1. The van der Waals surface area contributed by atoms with Crippen molar-refractivity contribution in [3.05, 3.63) is 77.7 Å². The van der Waals surface area contributed by atoms with E-state index in [0.29, 0.717) is 5.15 Å². The Balaban J connectivity index is 1.27. The summed E-state index contributed by atoms with van der Waals surface area (Å²) in [5, 5.41) is 11.4. The van der Waals surface area contributed by atoms with E-state index in [2.05, 4.69) is 30.9 Å². The lowest BCUT2D eigenvalue weighted by molar-refractivity contribution is -0.124. The topological polar surface area (TPSA) is 94.7 Å². The molecule has 5 rings (SSSR count). The summed E-state index contributed by atoms with van der Waals surface area (Å²) >= 11 is 6.40. The van der Waals surface area contributed by atoms with Gasteiger partial charge in [0, 0.05) is 35.4 Å². The standard InChI is InChI=1S/C27H29ClN6O/c1-29-25(17-7-3-2-4-8-17)27(35)33-20-10-5-9-19(15-20)32-24-14-18(13-23(28)34-24)22-16-31-26-21(22)11-6-12-30-26/h2-4,6-8,11-14,16,19-20,25,29H,5,9-10,15H2,1H3,(H,30,31)(H,32,34)(H,33,35)/t19-,20-,25?/m0/s1. The van der Waals surface area contributed by atoms with E-state index in [1.165, 1.54) is 0 Å². The van der Waals surface area contributed by atoms with Crippen LogP contribution in [0.25, 0.3) is 22.2 Å². The van der Waals surface area contributed by atoms with Gasteiger partial charge in [0.25, 0.3) is 0 Å². The first-order valence-electron chi connectivity index (χ1n) is 12.0. The number of likely N-dealkylation sites (N-methyl/N-ethyl adjacent to an activating group) is 1. The van der Waals surface area contributed by atoms with Gasteiger partial charge in [0.15, 0.2) is 0 Å². The number of nitrogens with one attached hydrogen (secondary N) is 4. The summed E-state index contributed by atoms with van der Waals surface area (Å²) in [6.45, 7) is 0. The molecule has 3 atom stereocenters. The van der Waals surface area contributed by atoms with E-state index in [4.69, 9.17) is 11.6 Å². The molecule has 3 aromatic heterocycles. The summed E-state index contributed by atoms with van der Waals surface area (Å²) in [5.41, 5.74) is 3.81. The van der Waals surface area contributed by atoms with Crippen molar-refractivity contribution in [1.82, 2.24) is 25.6 Å². The zero-order valence-corrected chi connectivity index (χ0v) is 20.3. The summed E-state index contributed by atoms with van der Waals surface area (Å²) in [4.78, 5) is 25.1. The van der Waals surface area contributed by atoms with E-state index in [1.54, 1.807) is 6.20 Å². The zero-order valence-electron chi connectivity index (χ0n) is 19.6. The maximum atomic E-state index is 13.0. The fourth-order valence-electron chi connectivity index (χ4n) is 4.96.